The molecule has 0 saturated heterocycles. The third-order valence-electron chi connectivity index (χ3n) is 4.08. The van der Waals surface area contributed by atoms with E-state index in [0.29, 0.717) is 4.31 Å². The number of nitro groups is 1. The van der Waals surface area contributed by atoms with Crippen molar-refractivity contribution in [3.63, 3.8) is 0 Å². The van der Waals surface area contributed by atoms with Crippen molar-refractivity contribution in [3.8, 4) is 0 Å². The molecule has 1 atom stereocenters. The van der Waals surface area contributed by atoms with Gasteiger partial charge < -0.3 is 5.32 Å². The van der Waals surface area contributed by atoms with Gasteiger partial charge in [0.25, 0.3) is 5.69 Å². The smallest absolute Gasteiger partial charge is 0.324 e. The Bertz CT molecular complexity index is 1060. The number of nitrogens with one attached hydrogen (secondary N) is 1. The zero-order valence-corrected chi connectivity index (χ0v) is 16.7. The van der Waals surface area contributed by atoms with Crippen molar-refractivity contribution < 1.29 is 31.3 Å². The van der Waals surface area contributed by atoms with E-state index in [9.17, 15) is 36.5 Å². The molecule has 0 aromatic heterocycles. The van der Waals surface area contributed by atoms with Crippen LogP contribution in [0.5, 0.6) is 0 Å². The molecule has 1 N–H and O–H groups in total. The van der Waals surface area contributed by atoms with Crippen LogP contribution in [0.15, 0.2) is 48.5 Å². The number of nitro benzene ring substituents is 1. The number of halogens is 3. The first-order valence-electron chi connectivity index (χ1n) is 8.56. The van der Waals surface area contributed by atoms with E-state index >= 15 is 0 Å². The molecule has 8 nitrogen and oxygen atoms in total. The molecule has 12 heteroatoms. The lowest BCUT2D eigenvalue weighted by atomic mass is 10.1. The minimum absolute atomic E-state index is 0.0411. The number of non-ortho nitro benzene ring substituents is 1. The zero-order valence-electron chi connectivity index (χ0n) is 15.9. The molecule has 0 heterocycles. The summed E-state index contributed by atoms with van der Waals surface area (Å²) >= 11 is 0. The van der Waals surface area contributed by atoms with Gasteiger partial charge in [-0.25, -0.2) is 8.42 Å². The Hall–Kier alpha value is -3.15. The largest absolute Gasteiger partial charge is 0.416 e. The van der Waals surface area contributed by atoms with Gasteiger partial charge in [0.05, 0.1) is 22.4 Å². The number of rotatable bonds is 7. The van der Waals surface area contributed by atoms with Gasteiger partial charge in [-0.2, -0.15) is 13.2 Å². The summed E-state index contributed by atoms with van der Waals surface area (Å²) in [5.41, 5.74) is -1.64. The second kappa shape index (κ2) is 8.69. The van der Waals surface area contributed by atoms with Crippen molar-refractivity contribution in [1.29, 1.82) is 0 Å². The highest BCUT2D eigenvalue weighted by atomic mass is 32.2. The number of benzene rings is 2. The van der Waals surface area contributed by atoms with Crippen molar-refractivity contribution >= 4 is 33.0 Å². The molecule has 0 unspecified atom stereocenters. The van der Waals surface area contributed by atoms with E-state index < -0.39 is 38.6 Å². The van der Waals surface area contributed by atoms with Gasteiger partial charge in [0.1, 0.15) is 6.04 Å². The maximum Gasteiger partial charge on any atom is 0.416 e. The number of hydrogen-bond donors (Lipinski definition) is 1. The minimum atomic E-state index is -4.62. The first kappa shape index (κ1) is 23.1. The molecule has 0 saturated carbocycles. The number of amides is 1. The van der Waals surface area contributed by atoms with Gasteiger partial charge in [0, 0.05) is 17.8 Å². The molecule has 0 aliphatic carbocycles. The maximum absolute atomic E-state index is 12.9. The van der Waals surface area contributed by atoms with Crippen LogP contribution in [0.2, 0.25) is 0 Å². The predicted molar refractivity (Wildman–Crippen MR) is 105 cm³/mol. The molecule has 162 valence electrons. The topological polar surface area (TPSA) is 110 Å². The van der Waals surface area contributed by atoms with Crippen LogP contribution in [0.1, 0.15) is 18.9 Å². The highest BCUT2D eigenvalue weighted by Gasteiger charge is 2.33. The van der Waals surface area contributed by atoms with Crippen LogP contribution in [0.4, 0.5) is 30.2 Å². The predicted octanol–water partition coefficient (Wildman–Crippen LogP) is 3.80. The van der Waals surface area contributed by atoms with Crippen molar-refractivity contribution in [1.82, 2.24) is 0 Å². The Labute approximate surface area is 170 Å². The summed E-state index contributed by atoms with van der Waals surface area (Å²) < 4.78 is 64.1. The maximum atomic E-state index is 12.9. The van der Waals surface area contributed by atoms with E-state index in [0.717, 1.165) is 36.6 Å². The molecule has 1 amide bonds. The van der Waals surface area contributed by atoms with Crippen molar-refractivity contribution in [2.45, 2.75) is 25.6 Å². The van der Waals surface area contributed by atoms with Crippen LogP contribution in [0.3, 0.4) is 0 Å². The average molecular weight is 445 g/mol. The van der Waals surface area contributed by atoms with Gasteiger partial charge >= 0.3 is 6.18 Å². The number of carbonyl (C=O) groups is 1. The van der Waals surface area contributed by atoms with Gasteiger partial charge in [-0.3, -0.25) is 19.2 Å². The van der Waals surface area contributed by atoms with Crippen LogP contribution in [-0.4, -0.2) is 31.5 Å². The highest BCUT2D eigenvalue weighted by molar-refractivity contribution is 7.92. The van der Waals surface area contributed by atoms with E-state index in [1.165, 1.54) is 25.1 Å². The molecule has 0 aliphatic heterocycles. The van der Waals surface area contributed by atoms with Crippen LogP contribution in [-0.2, 0) is 21.0 Å². The quantitative estimate of drug-likeness (QED) is 0.515. The van der Waals surface area contributed by atoms with E-state index in [-0.39, 0.29) is 23.5 Å². The van der Waals surface area contributed by atoms with Crippen molar-refractivity contribution in [3.05, 3.63) is 64.2 Å². The van der Waals surface area contributed by atoms with E-state index in [1.807, 2.05) is 0 Å². The molecule has 0 spiro atoms. The zero-order chi connectivity index (χ0) is 22.7. The fourth-order valence-corrected chi connectivity index (χ4v) is 4.01. The van der Waals surface area contributed by atoms with Crippen LogP contribution >= 0.6 is 0 Å². The number of anilines is 2. The monoisotopic (exact) mass is 445 g/mol. The first-order chi connectivity index (χ1) is 13.8. The van der Waals surface area contributed by atoms with Gasteiger partial charge in [-0.1, -0.05) is 19.1 Å². The van der Waals surface area contributed by atoms with E-state index in [2.05, 4.69) is 5.32 Å². The Morgan fingerprint density at radius 3 is 2.37 bits per heavy atom. The van der Waals surface area contributed by atoms with Crippen LogP contribution in [0.25, 0.3) is 0 Å². The fraction of sp³-hybridized carbons (Fsp3) is 0.278. The number of sulfonamides is 1. The summed E-state index contributed by atoms with van der Waals surface area (Å²) in [5, 5.41) is 13.3. The lowest BCUT2D eigenvalue weighted by molar-refractivity contribution is -0.384. The number of nitrogens with zero attached hydrogens (tertiary/aromatic N) is 2. The molecular weight excluding hydrogens is 427 g/mol. The normalized spacial score (nSPS) is 12.8. The minimum Gasteiger partial charge on any atom is -0.324 e. The lowest BCUT2D eigenvalue weighted by Crippen LogP contribution is -2.47. The molecule has 0 fully saturated rings. The van der Waals surface area contributed by atoms with E-state index in [4.69, 9.17) is 0 Å². The first-order valence-corrected chi connectivity index (χ1v) is 10.4. The standard InChI is InChI=1S/C18H18F3N3O5S/c1-3-16(17(25)22-13-7-4-6-12(10-13)18(19,20)21)23(30(2,28)29)14-8-5-9-15(11-14)24(26)27/h4-11,16H,3H2,1-2H3,(H,22,25)/t16-/m1/s1. The Kier molecular flexibility index (Phi) is 6.70. The Morgan fingerprint density at radius 1 is 1.20 bits per heavy atom. The average Bonchev–Trinajstić information content (AvgIpc) is 2.64. The molecule has 30 heavy (non-hydrogen) atoms. The molecular formula is C18H18F3N3O5S. The molecule has 0 aliphatic rings. The Balaban J connectivity index is 2.42. The summed E-state index contributed by atoms with van der Waals surface area (Å²) in [7, 11) is -4.07. The lowest BCUT2D eigenvalue weighted by Gasteiger charge is -2.30. The second-order valence-electron chi connectivity index (χ2n) is 6.33. The molecule has 2 aromatic carbocycles. The highest BCUT2D eigenvalue weighted by Crippen LogP contribution is 2.31. The van der Waals surface area contributed by atoms with Crippen LogP contribution in [0, 0.1) is 10.1 Å². The van der Waals surface area contributed by atoms with Gasteiger partial charge in [-0.05, 0) is 30.7 Å². The van der Waals surface area contributed by atoms with Crippen molar-refractivity contribution in [2.75, 3.05) is 15.9 Å². The van der Waals surface area contributed by atoms with Gasteiger partial charge in [0.15, 0.2) is 0 Å². The third kappa shape index (κ3) is 5.47. The molecule has 0 bridgehead atoms. The number of carbonyl (C=O) groups excluding carboxylic acids is 1. The Morgan fingerprint density at radius 2 is 1.83 bits per heavy atom. The van der Waals surface area contributed by atoms with Gasteiger partial charge in [-0.15, -0.1) is 0 Å². The summed E-state index contributed by atoms with van der Waals surface area (Å²) in [6.45, 7) is 1.51. The molecule has 0 radical (unpaired) electrons. The summed E-state index contributed by atoms with van der Waals surface area (Å²) in [6.07, 6.45) is -3.83. The summed E-state index contributed by atoms with van der Waals surface area (Å²) in [4.78, 5) is 23.1. The number of hydrogen-bond acceptors (Lipinski definition) is 5. The van der Waals surface area contributed by atoms with Gasteiger partial charge in [0.2, 0.25) is 15.9 Å². The van der Waals surface area contributed by atoms with Crippen molar-refractivity contribution in [2.24, 2.45) is 0 Å². The fourth-order valence-electron chi connectivity index (χ4n) is 2.80. The summed E-state index contributed by atoms with van der Waals surface area (Å²) in [5.74, 6) is -0.881. The van der Waals surface area contributed by atoms with Crippen LogP contribution < -0.4 is 9.62 Å². The number of alkyl halides is 3. The SMILES string of the molecule is CC[C@H](C(=O)Nc1cccc(C(F)(F)F)c1)N(c1cccc([N+](=O)[O-])c1)S(C)(=O)=O. The summed E-state index contributed by atoms with van der Waals surface area (Å²) in [6, 6.07) is 7.26. The second-order valence-corrected chi connectivity index (χ2v) is 8.19. The molecule has 2 rings (SSSR count). The molecule has 2 aromatic rings. The van der Waals surface area contributed by atoms with E-state index in [1.54, 1.807) is 0 Å². The third-order valence-corrected chi connectivity index (χ3v) is 5.26.